The van der Waals surface area contributed by atoms with Crippen molar-refractivity contribution in [1.82, 2.24) is 20.0 Å². The van der Waals surface area contributed by atoms with Crippen LogP contribution in [0.2, 0.25) is 0 Å². The second-order valence-electron chi connectivity index (χ2n) is 7.13. The van der Waals surface area contributed by atoms with Crippen LogP contribution >= 0.6 is 0 Å². The number of nitrogens with one attached hydrogen (secondary N) is 1. The van der Waals surface area contributed by atoms with Crippen LogP contribution in [-0.2, 0) is 19.1 Å². The molecule has 0 spiro atoms. The predicted molar refractivity (Wildman–Crippen MR) is 103 cm³/mol. The van der Waals surface area contributed by atoms with Gasteiger partial charge in [-0.1, -0.05) is 12.1 Å². The van der Waals surface area contributed by atoms with Crippen molar-refractivity contribution < 1.29 is 23.5 Å². The van der Waals surface area contributed by atoms with Gasteiger partial charge in [-0.25, -0.2) is 4.39 Å². The van der Waals surface area contributed by atoms with E-state index in [2.05, 4.69) is 10.2 Å². The summed E-state index contributed by atoms with van der Waals surface area (Å²) in [5, 5.41) is 2.84. The van der Waals surface area contributed by atoms with Gasteiger partial charge in [-0.2, -0.15) is 0 Å². The minimum absolute atomic E-state index is 0.166. The Kier molecular flexibility index (Phi) is 7.16. The van der Waals surface area contributed by atoms with E-state index in [9.17, 15) is 18.8 Å². The highest BCUT2D eigenvalue weighted by atomic mass is 19.1. The van der Waals surface area contributed by atoms with E-state index >= 15 is 0 Å². The predicted octanol–water partition coefficient (Wildman–Crippen LogP) is 0.00590. The molecule has 1 aromatic rings. The van der Waals surface area contributed by atoms with Crippen molar-refractivity contribution in [1.29, 1.82) is 0 Å². The molecule has 0 saturated carbocycles. The number of amides is 3. The number of carbonyl (C=O) groups is 3. The second-order valence-corrected chi connectivity index (χ2v) is 7.13. The number of hydrogen-bond acceptors (Lipinski definition) is 5. The van der Waals surface area contributed by atoms with Gasteiger partial charge in [-0.05, 0) is 24.6 Å². The lowest BCUT2D eigenvalue weighted by Gasteiger charge is -2.35. The number of hydrogen-bond donors (Lipinski definition) is 1. The summed E-state index contributed by atoms with van der Waals surface area (Å²) >= 11 is 0. The Hall–Kier alpha value is -2.52. The number of piperazine rings is 1. The van der Waals surface area contributed by atoms with E-state index in [1.54, 1.807) is 6.07 Å². The molecule has 29 heavy (non-hydrogen) atoms. The SMILES string of the molecule is CCN1CCN(CC(=O)NCC(c2cccc(F)c2)N2CCOCC2)C(=O)C1=O. The molecule has 8 nitrogen and oxygen atoms in total. The van der Waals surface area contributed by atoms with Gasteiger partial charge in [0.15, 0.2) is 0 Å². The number of benzene rings is 1. The molecule has 2 heterocycles. The van der Waals surface area contributed by atoms with Crippen molar-refractivity contribution in [3.63, 3.8) is 0 Å². The van der Waals surface area contributed by atoms with E-state index in [1.165, 1.54) is 21.9 Å². The molecule has 2 saturated heterocycles. The Morgan fingerprint density at radius 3 is 2.52 bits per heavy atom. The van der Waals surface area contributed by atoms with Crippen LogP contribution in [-0.4, -0.2) is 91.4 Å². The third-order valence-electron chi connectivity index (χ3n) is 5.33. The first-order valence-corrected chi connectivity index (χ1v) is 9.91. The lowest BCUT2D eigenvalue weighted by Crippen LogP contribution is -2.56. The van der Waals surface area contributed by atoms with Crippen molar-refractivity contribution >= 4 is 17.7 Å². The van der Waals surface area contributed by atoms with Gasteiger partial charge in [0, 0.05) is 39.3 Å². The monoisotopic (exact) mass is 406 g/mol. The minimum Gasteiger partial charge on any atom is -0.379 e. The number of rotatable bonds is 7. The van der Waals surface area contributed by atoms with E-state index < -0.39 is 11.8 Å². The van der Waals surface area contributed by atoms with Crippen LogP contribution in [0.1, 0.15) is 18.5 Å². The Morgan fingerprint density at radius 2 is 1.83 bits per heavy atom. The van der Waals surface area contributed by atoms with Crippen LogP contribution < -0.4 is 5.32 Å². The zero-order chi connectivity index (χ0) is 20.8. The molecule has 0 aliphatic carbocycles. The average Bonchev–Trinajstić information content (AvgIpc) is 2.73. The van der Waals surface area contributed by atoms with Crippen molar-refractivity contribution in [2.45, 2.75) is 13.0 Å². The van der Waals surface area contributed by atoms with Crippen molar-refractivity contribution in [2.75, 3.05) is 59.0 Å². The Labute approximate surface area is 169 Å². The van der Waals surface area contributed by atoms with E-state index in [-0.39, 0.29) is 30.9 Å². The van der Waals surface area contributed by atoms with Crippen LogP contribution in [0.25, 0.3) is 0 Å². The summed E-state index contributed by atoms with van der Waals surface area (Å²) in [7, 11) is 0. The van der Waals surface area contributed by atoms with Gasteiger partial charge in [0.25, 0.3) is 0 Å². The van der Waals surface area contributed by atoms with E-state index in [1.807, 2.05) is 13.0 Å². The molecule has 1 unspecified atom stereocenters. The van der Waals surface area contributed by atoms with Crippen molar-refractivity contribution in [2.24, 2.45) is 0 Å². The van der Waals surface area contributed by atoms with Gasteiger partial charge in [-0.15, -0.1) is 0 Å². The number of halogens is 1. The molecule has 3 amide bonds. The molecule has 0 radical (unpaired) electrons. The molecule has 2 aliphatic rings. The first-order valence-electron chi connectivity index (χ1n) is 9.91. The van der Waals surface area contributed by atoms with Crippen molar-refractivity contribution in [3.05, 3.63) is 35.6 Å². The first-order chi connectivity index (χ1) is 14.0. The smallest absolute Gasteiger partial charge is 0.312 e. The maximum absolute atomic E-state index is 13.7. The molecule has 3 rings (SSSR count). The summed E-state index contributed by atoms with van der Waals surface area (Å²) in [5.41, 5.74) is 0.773. The van der Waals surface area contributed by atoms with Crippen LogP contribution in [0, 0.1) is 5.82 Å². The molecule has 0 bridgehead atoms. The van der Waals surface area contributed by atoms with Gasteiger partial charge in [-0.3, -0.25) is 19.3 Å². The summed E-state index contributed by atoms with van der Waals surface area (Å²) in [4.78, 5) is 41.5. The van der Waals surface area contributed by atoms with Crippen LogP contribution in [0.15, 0.2) is 24.3 Å². The maximum Gasteiger partial charge on any atom is 0.312 e. The van der Waals surface area contributed by atoms with Crippen LogP contribution in [0.5, 0.6) is 0 Å². The highest BCUT2D eigenvalue weighted by molar-refractivity contribution is 6.35. The summed E-state index contributed by atoms with van der Waals surface area (Å²) in [5.74, 6) is -1.89. The minimum atomic E-state index is -0.650. The summed E-state index contributed by atoms with van der Waals surface area (Å²) < 4.78 is 19.1. The van der Waals surface area contributed by atoms with E-state index in [4.69, 9.17) is 4.74 Å². The van der Waals surface area contributed by atoms with Crippen LogP contribution in [0.4, 0.5) is 4.39 Å². The summed E-state index contributed by atoms with van der Waals surface area (Å²) in [6.07, 6.45) is 0. The van der Waals surface area contributed by atoms with E-state index in [0.29, 0.717) is 45.9 Å². The van der Waals surface area contributed by atoms with Gasteiger partial charge in [0.1, 0.15) is 12.4 Å². The van der Waals surface area contributed by atoms with Gasteiger partial charge in [0.2, 0.25) is 5.91 Å². The topological polar surface area (TPSA) is 82.2 Å². The number of carbonyl (C=O) groups excluding carboxylic acids is 3. The zero-order valence-corrected chi connectivity index (χ0v) is 16.6. The summed E-state index contributed by atoms with van der Waals surface area (Å²) in [6.45, 7) is 5.69. The second kappa shape index (κ2) is 9.80. The molecule has 158 valence electrons. The third-order valence-corrected chi connectivity index (χ3v) is 5.33. The molecule has 9 heteroatoms. The van der Waals surface area contributed by atoms with Gasteiger partial charge < -0.3 is 19.9 Å². The first kappa shape index (κ1) is 21.2. The fraction of sp³-hybridized carbons (Fsp3) is 0.550. The standard InChI is InChI=1S/C20H27FN4O4/c1-2-23-6-7-25(20(28)19(23)27)14-18(26)22-13-17(24-8-10-29-11-9-24)15-4-3-5-16(21)12-15/h3-5,12,17H,2,6-11,13-14H2,1H3,(H,22,26). The van der Waals surface area contributed by atoms with E-state index in [0.717, 1.165) is 5.56 Å². The molecule has 1 N–H and O–H groups in total. The van der Waals surface area contributed by atoms with Crippen molar-refractivity contribution in [3.8, 4) is 0 Å². The Bertz CT molecular complexity index is 754. The fourth-order valence-corrected chi connectivity index (χ4v) is 3.67. The Balaban J connectivity index is 1.61. The highest BCUT2D eigenvalue weighted by Gasteiger charge is 2.32. The molecule has 1 atom stereocenters. The fourth-order valence-electron chi connectivity index (χ4n) is 3.67. The van der Waals surface area contributed by atoms with Gasteiger partial charge >= 0.3 is 11.8 Å². The van der Waals surface area contributed by atoms with Gasteiger partial charge in [0.05, 0.1) is 19.3 Å². The molecule has 2 fully saturated rings. The molecular weight excluding hydrogens is 379 g/mol. The molecule has 0 aromatic heterocycles. The highest BCUT2D eigenvalue weighted by Crippen LogP contribution is 2.22. The zero-order valence-electron chi connectivity index (χ0n) is 16.6. The molecular formula is C20H27FN4O4. The third kappa shape index (κ3) is 5.30. The quantitative estimate of drug-likeness (QED) is 0.645. The average molecular weight is 406 g/mol. The number of ether oxygens (including phenoxy) is 1. The summed E-state index contributed by atoms with van der Waals surface area (Å²) in [6, 6.07) is 6.14. The molecule has 2 aliphatic heterocycles. The number of nitrogens with zero attached hydrogens (tertiary/aromatic N) is 3. The lowest BCUT2D eigenvalue weighted by molar-refractivity contribution is -0.156. The lowest BCUT2D eigenvalue weighted by atomic mass is 10.0. The normalized spacial score (nSPS) is 19.4. The Morgan fingerprint density at radius 1 is 1.14 bits per heavy atom. The largest absolute Gasteiger partial charge is 0.379 e. The number of morpholine rings is 1. The number of likely N-dealkylation sites (N-methyl/N-ethyl adjacent to an activating group) is 1. The van der Waals surface area contributed by atoms with Crippen LogP contribution in [0.3, 0.4) is 0 Å². The molecule has 1 aromatic carbocycles. The maximum atomic E-state index is 13.7.